The van der Waals surface area contributed by atoms with Crippen molar-refractivity contribution in [2.24, 2.45) is 0 Å². The van der Waals surface area contributed by atoms with E-state index in [1.54, 1.807) is 0 Å². The maximum Gasteiger partial charge on any atom is 0.119 e. The van der Waals surface area contributed by atoms with Gasteiger partial charge >= 0.3 is 0 Å². The van der Waals surface area contributed by atoms with Crippen molar-refractivity contribution in [3.05, 3.63) is 23.9 Å². The maximum atomic E-state index is 5.75. The first-order valence-electron chi connectivity index (χ1n) is 5.81. The van der Waals surface area contributed by atoms with Crippen LogP contribution < -0.4 is 10.6 Å². The minimum absolute atomic E-state index is 0.899. The summed E-state index contributed by atoms with van der Waals surface area (Å²) in [5.41, 5.74) is 0. The van der Waals surface area contributed by atoms with Gasteiger partial charge in [0.1, 0.15) is 11.5 Å². The van der Waals surface area contributed by atoms with E-state index < -0.39 is 0 Å². The van der Waals surface area contributed by atoms with Crippen molar-refractivity contribution in [1.29, 1.82) is 0 Å². The van der Waals surface area contributed by atoms with Crippen molar-refractivity contribution in [2.75, 3.05) is 13.1 Å². The van der Waals surface area contributed by atoms with Crippen molar-refractivity contribution in [1.82, 2.24) is 10.6 Å². The topological polar surface area (TPSA) is 33.3 Å². The Hall–Kier alpha value is -1.12. The molecule has 0 aliphatic rings. The Balaban J connectivity index is 4.23. The highest BCUT2D eigenvalue weighted by molar-refractivity contribution is 5.00. The maximum absolute atomic E-state index is 5.75. The van der Waals surface area contributed by atoms with Crippen LogP contribution in [0.5, 0.6) is 0 Å². The second-order valence-corrected chi connectivity index (χ2v) is 3.15. The summed E-state index contributed by atoms with van der Waals surface area (Å²) in [7, 11) is 0. The third kappa shape index (κ3) is 6.89. The van der Waals surface area contributed by atoms with E-state index in [4.69, 9.17) is 4.74 Å². The summed E-state index contributed by atoms with van der Waals surface area (Å²) in [5, 5.41) is 6.30. The number of hydrogen-bond acceptors (Lipinski definition) is 3. The van der Waals surface area contributed by atoms with E-state index >= 15 is 0 Å². The van der Waals surface area contributed by atoms with Crippen LogP contribution in [0.4, 0.5) is 0 Å². The smallest absolute Gasteiger partial charge is 0.119 e. The van der Waals surface area contributed by atoms with Crippen LogP contribution in [-0.2, 0) is 4.74 Å². The summed E-state index contributed by atoms with van der Waals surface area (Å²) in [4.78, 5) is 0. The first-order valence-corrected chi connectivity index (χ1v) is 5.81. The molecule has 88 valence electrons. The van der Waals surface area contributed by atoms with E-state index in [-0.39, 0.29) is 0 Å². The summed E-state index contributed by atoms with van der Waals surface area (Å²) in [5.74, 6) is 1.95. The van der Waals surface area contributed by atoms with Crippen LogP contribution in [0.1, 0.15) is 40.5 Å². The Labute approximate surface area is 93.6 Å². The number of hydrogen-bond donors (Lipinski definition) is 2. The lowest BCUT2D eigenvalue weighted by Gasteiger charge is -2.11. The third-order valence-corrected chi connectivity index (χ3v) is 1.89. The molecule has 0 aromatic rings. The van der Waals surface area contributed by atoms with Gasteiger partial charge < -0.3 is 15.4 Å². The summed E-state index contributed by atoms with van der Waals surface area (Å²) >= 11 is 0. The summed E-state index contributed by atoms with van der Waals surface area (Å²) in [6, 6.07) is 0. The fourth-order valence-electron chi connectivity index (χ4n) is 1.01. The molecule has 3 nitrogen and oxygen atoms in total. The highest BCUT2D eigenvalue weighted by atomic mass is 16.5. The predicted octanol–water partition coefficient (Wildman–Crippen LogP) is 2.72. The van der Waals surface area contributed by atoms with Gasteiger partial charge in [-0.25, -0.2) is 0 Å². The predicted molar refractivity (Wildman–Crippen MR) is 65.2 cm³/mol. The minimum Gasteiger partial charge on any atom is -0.463 e. The molecule has 0 saturated carbocycles. The molecule has 15 heavy (non-hydrogen) atoms. The van der Waals surface area contributed by atoms with Crippen molar-refractivity contribution < 1.29 is 4.74 Å². The molecule has 0 spiro atoms. The van der Waals surface area contributed by atoms with Crippen LogP contribution in [-0.4, -0.2) is 13.1 Å². The Bertz CT molecular complexity index is 188. The van der Waals surface area contributed by atoms with Crippen LogP contribution in [0.25, 0.3) is 0 Å². The Kier molecular flexibility index (Phi) is 8.73. The number of allylic oxidation sites excluding steroid dienone is 2. The Morgan fingerprint density at radius 2 is 1.27 bits per heavy atom. The van der Waals surface area contributed by atoms with Gasteiger partial charge in [0, 0.05) is 38.3 Å². The lowest BCUT2D eigenvalue weighted by atomic mass is 10.3. The SMILES string of the molecule is CCNC=C(CC)OC(=CNCC)CC. The highest BCUT2D eigenvalue weighted by Gasteiger charge is 1.99. The zero-order chi connectivity index (χ0) is 11.5. The molecule has 0 unspecified atom stereocenters. The molecule has 0 heterocycles. The number of nitrogens with one attached hydrogen (secondary N) is 2. The van der Waals surface area contributed by atoms with Gasteiger partial charge in [0.25, 0.3) is 0 Å². The number of ether oxygens (including phenoxy) is 1. The molecular formula is C12H24N2O. The second-order valence-electron chi connectivity index (χ2n) is 3.15. The van der Waals surface area contributed by atoms with E-state index in [9.17, 15) is 0 Å². The zero-order valence-corrected chi connectivity index (χ0v) is 10.4. The molecule has 0 bridgehead atoms. The van der Waals surface area contributed by atoms with E-state index in [2.05, 4.69) is 38.3 Å². The van der Waals surface area contributed by atoms with Crippen LogP contribution >= 0.6 is 0 Å². The number of rotatable bonds is 8. The van der Waals surface area contributed by atoms with Gasteiger partial charge in [0.2, 0.25) is 0 Å². The van der Waals surface area contributed by atoms with Gasteiger partial charge in [0.15, 0.2) is 0 Å². The van der Waals surface area contributed by atoms with Gasteiger partial charge in [0.05, 0.1) is 0 Å². The normalized spacial score (nSPS) is 12.5. The fraction of sp³-hybridized carbons (Fsp3) is 0.667. The molecule has 2 N–H and O–H groups in total. The van der Waals surface area contributed by atoms with Gasteiger partial charge in [-0.15, -0.1) is 0 Å². The van der Waals surface area contributed by atoms with Crippen molar-refractivity contribution >= 4 is 0 Å². The molecule has 0 aliphatic carbocycles. The lowest BCUT2D eigenvalue weighted by molar-refractivity contribution is 0.278. The molecule has 3 heteroatoms. The van der Waals surface area contributed by atoms with E-state index in [1.165, 1.54) is 0 Å². The lowest BCUT2D eigenvalue weighted by Crippen LogP contribution is -2.08. The van der Waals surface area contributed by atoms with Crippen LogP contribution in [0, 0.1) is 0 Å². The molecule has 0 atom stereocenters. The summed E-state index contributed by atoms with van der Waals surface area (Å²) in [6.07, 6.45) is 5.68. The molecule has 0 aromatic carbocycles. The van der Waals surface area contributed by atoms with Gasteiger partial charge in [-0.2, -0.15) is 0 Å². The van der Waals surface area contributed by atoms with Gasteiger partial charge in [-0.1, -0.05) is 13.8 Å². The van der Waals surface area contributed by atoms with Crippen molar-refractivity contribution in [3.8, 4) is 0 Å². The molecule has 0 aliphatic heterocycles. The summed E-state index contributed by atoms with van der Waals surface area (Å²) < 4.78 is 5.75. The van der Waals surface area contributed by atoms with Crippen molar-refractivity contribution in [3.63, 3.8) is 0 Å². The quantitative estimate of drug-likeness (QED) is 0.607. The van der Waals surface area contributed by atoms with Crippen molar-refractivity contribution in [2.45, 2.75) is 40.5 Å². The molecular weight excluding hydrogens is 188 g/mol. The Morgan fingerprint density at radius 1 is 0.867 bits per heavy atom. The standard InChI is InChI=1S/C12H24N2O/c1-5-11(9-13-7-3)15-12(6-2)10-14-8-4/h9-10,13-14H,5-8H2,1-4H3. The van der Waals surface area contributed by atoms with Crippen LogP contribution in [0.3, 0.4) is 0 Å². The first kappa shape index (κ1) is 13.9. The monoisotopic (exact) mass is 212 g/mol. The highest BCUT2D eigenvalue weighted by Crippen LogP contribution is 2.11. The van der Waals surface area contributed by atoms with E-state index in [1.807, 2.05) is 12.4 Å². The molecule has 0 saturated heterocycles. The molecule has 0 radical (unpaired) electrons. The van der Waals surface area contributed by atoms with E-state index in [0.717, 1.165) is 37.4 Å². The van der Waals surface area contributed by atoms with E-state index in [0.29, 0.717) is 0 Å². The second kappa shape index (κ2) is 9.44. The molecule has 0 rings (SSSR count). The first-order chi connectivity index (χ1) is 7.28. The minimum atomic E-state index is 0.899. The molecule has 0 amide bonds. The third-order valence-electron chi connectivity index (χ3n) is 1.89. The largest absolute Gasteiger partial charge is 0.463 e. The molecule has 0 aromatic heterocycles. The Morgan fingerprint density at radius 3 is 1.53 bits per heavy atom. The molecule has 0 fully saturated rings. The fourth-order valence-corrected chi connectivity index (χ4v) is 1.01. The average molecular weight is 212 g/mol. The van der Waals surface area contributed by atoms with Crippen LogP contribution in [0.15, 0.2) is 23.9 Å². The van der Waals surface area contributed by atoms with Gasteiger partial charge in [-0.3, -0.25) is 0 Å². The van der Waals surface area contributed by atoms with Gasteiger partial charge in [-0.05, 0) is 13.8 Å². The zero-order valence-electron chi connectivity index (χ0n) is 10.4. The summed E-state index contributed by atoms with van der Waals surface area (Å²) in [6.45, 7) is 10.2. The van der Waals surface area contributed by atoms with Crippen LogP contribution in [0.2, 0.25) is 0 Å². The average Bonchev–Trinajstić information content (AvgIpc) is 2.28.